The van der Waals surface area contributed by atoms with Crippen molar-refractivity contribution >= 4 is 17.5 Å². The number of esters is 1. The molecule has 0 bridgehead atoms. The van der Waals surface area contributed by atoms with Gasteiger partial charge in [-0.1, -0.05) is 26.0 Å². The first-order chi connectivity index (χ1) is 15.3. The molecular formula is C23H23N5O4. The van der Waals surface area contributed by atoms with Gasteiger partial charge in [0.25, 0.3) is 0 Å². The summed E-state index contributed by atoms with van der Waals surface area (Å²) >= 11 is 0. The van der Waals surface area contributed by atoms with Gasteiger partial charge in [0.05, 0.1) is 24.4 Å². The van der Waals surface area contributed by atoms with E-state index in [2.05, 4.69) is 16.2 Å². The van der Waals surface area contributed by atoms with Gasteiger partial charge in [-0.2, -0.15) is 10.2 Å². The molecule has 1 amide bonds. The van der Waals surface area contributed by atoms with Gasteiger partial charge in [-0.05, 0) is 48.9 Å². The molecule has 1 aromatic carbocycles. The summed E-state index contributed by atoms with van der Waals surface area (Å²) in [5, 5.41) is 13.4. The zero-order chi connectivity index (χ0) is 23.0. The fourth-order valence-electron chi connectivity index (χ4n) is 4.07. The molecule has 0 spiro atoms. The third-order valence-corrected chi connectivity index (χ3v) is 5.81. The fourth-order valence-corrected chi connectivity index (χ4v) is 4.07. The number of benzene rings is 1. The first-order valence-electron chi connectivity index (χ1n) is 10.3. The minimum absolute atomic E-state index is 0.145. The number of carbonyl (C=O) groups excluding carboxylic acids is 2. The van der Waals surface area contributed by atoms with E-state index < -0.39 is 17.3 Å². The van der Waals surface area contributed by atoms with E-state index in [1.807, 2.05) is 13.8 Å². The van der Waals surface area contributed by atoms with Crippen molar-refractivity contribution in [1.82, 2.24) is 14.6 Å². The Hall–Kier alpha value is -3.93. The number of nitriles is 1. The van der Waals surface area contributed by atoms with Crippen LogP contribution >= 0.6 is 0 Å². The van der Waals surface area contributed by atoms with Crippen LogP contribution in [0, 0.1) is 28.6 Å². The highest BCUT2D eigenvalue weighted by atomic mass is 16.6. The first kappa shape index (κ1) is 21.3. The van der Waals surface area contributed by atoms with Crippen LogP contribution in [-0.2, 0) is 9.59 Å². The Morgan fingerprint density at radius 2 is 2.00 bits per heavy atom. The van der Waals surface area contributed by atoms with Crippen LogP contribution in [0.15, 0.2) is 36.4 Å². The van der Waals surface area contributed by atoms with Gasteiger partial charge in [0.1, 0.15) is 5.41 Å². The lowest BCUT2D eigenvalue weighted by atomic mass is 9.97. The molecule has 2 unspecified atom stereocenters. The van der Waals surface area contributed by atoms with E-state index in [0.717, 1.165) is 5.56 Å². The molecule has 0 radical (unpaired) electrons. The van der Waals surface area contributed by atoms with Crippen LogP contribution < -0.4 is 15.2 Å². The van der Waals surface area contributed by atoms with Gasteiger partial charge in [-0.3, -0.25) is 9.59 Å². The number of aromatic nitrogens is 3. The first-order valence-corrected chi connectivity index (χ1v) is 10.3. The zero-order valence-electron chi connectivity index (χ0n) is 18.0. The highest BCUT2D eigenvalue weighted by Crippen LogP contribution is 2.56. The maximum Gasteiger partial charge on any atom is 0.344 e. The number of nitrogens with two attached hydrogens (primary N) is 1. The summed E-state index contributed by atoms with van der Waals surface area (Å²) in [7, 11) is 1.50. The number of hydrogen-bond acceptors (Lipinski definition) is 7. The molecule has 2 N–H and O–H groups in total. The number of rotatable bonds is 7. The molecule has 2 aromatic heterocycles. The highest BCUT2D eigenvalue weighted by molar-refractivity contribution is 6.06. The van der Waals surface area contributed by atoms with Crippen molar-refractivity contribution in [2.45, 2.75) is 26.7 Å². The number of ether oxygens (including phenoxy) is 2. The average Bonchev–Trinajstić information content (AvgIpc) is 3.34. The molecule has 164 valence electrons. The van der Waals surface area contributed by atoms with Crippen LogP contribution in [0.25, 0.3) is 16.9 Å². The van der Waals surface area contributed by atoms with Gasteiger partial charge < -0.3 is 15.2 Å². The lowest BCUT2D eigenvalue weighted by Gasteiger charge is -2.12. The van der Waals surface area contributed by atoms with E-state index in [1.54, 1.807) is 36.4 Å². The monoisotopic (exact) mass is 433 g/mol. The number of hydrogen-bond donors (Lipinski definition) is 1. The van der Waals surface area contributed by atoms with Crippen molar-refractivity contribution in [3.05, 3.63) is 42.0 Å². The standard InChI is InChI=1S/C23H23N5O4/c1-13(2)10-16-11-23(16,20(25)29)21(30)32-22-26-19-18(31-3)9-8-17(28(19)27-22)15-6-4-14(12-24)5-7-15/h4-9,13,16H,10-11H2,1-3H3,(H2,25,29). The molecule has 2 atom stereocenters. The molecule has 0 aliphatic heterocycles. The maximum atomic E-state index is 12.9. The Morgan fingerprint density at radius 1 is 1.28 bits per heavy atom. The maximum absolute atomic E-state index is 12.9. The van der Waals surface area contributed by atoms with Gasteiger partial charge >= 0.3 is 12.0 Å². The molecule has 1 aliphatic rings. The zero-order valence-corrected chi connectivity index (χ0v) is 18.0. The second kappa shape index (κ2) is 7.96. The van der Waals surface area contributed by atoms with Crippen LogP contribution in [0.4, 0.5) is 0 Å². The molecule has 2 heterocycles. The molecular weight excluding hydrogens is 410 g/mol. The number of nitrogens with zero attached hydrogens (tertiary/aromatic N) is 4. The largest absolute Gasteiger partial charge is 0.493 e. The number of amides is 1. The Bertz CT molecular complexity index is 1240. The quantitative estimate of drug-likeness (QED) is 0.447. The van der Waals surface area contributed by atoms with E-state index in [9.17, 15) is 9.59 Å². The molecule has 1 aliphatic carbocycles. The number of primary amides is 1. The normalized spacial score (nSPS) is 19.5. The van der Waals surface area contributed by atoms with Gasteiger partial charge in [-0.15, -0.1) is 5.10 Å². The molecule has 4 rings (SSSR count). The third-order valence-electron chi connectivity index (χ3n) is 5.81. The van der Waals surface area contributed by atoms with E-state index in [-0.39, 0.29) is 11.9 Å². The summed E-state index contributed by atoms with van der Waals surface area (Å²) in [6.45, 7) is 4.05. The second-order valence-corrected chi connectivity index (χ2v) is 8.36. The Morgan fingerprint density at radius 3 is 2.59 bits per heavy atom. The summed E-state index contributed by atoms with van der Waals surface area (Å²) in [4.78, 5) is 29.3. The Balaban J connectivity index is 1.69. The lowest BCUT2D eigenvalue weighted by molar-refractivity contribution is -0.147. The molecule has 32 heavy (non-hydrogen) atoms. The Labute approximate surface area is 184 Å². The van der Waals surface area contributed by atoms with E-state index >= 15 is 0 Å². The average molecular weight is 433 g/mol. The van der Waals surface area contributed by atoms with Gasteiger partial charge in [0.15, 0.2) is 5.75 Å². The predicted octanol–water partition coefficient (Wildman–Crippen LogP) is 2.72. The van der Waals surface area contributed by atoms with Gasteiger partial charge in [0, 0.05) is 5.56 Å². The fraction of sp³-hybridized carbons (Fsp3) is 0.348. The molecule has 9 nitrogen and oxygen atoms in total. The number of pyridine rings is 1. The number of fused-ring (bicyclic) bond motifs is 1. The molecule has 0 saturated heterocycles. The number of carbonyl (C=O) groups is 2. The molecule has 1 fully saturated rings. The van der Waals surface area contributed by atoms with Crippen molar-refractivity contribution < 1.29 is 19.1 Å². The van der Waals surface area contributed by atoms with Crippen molar-refractivity contribution in [3.63, 3.8) is 0 Å². The lowest BCUT2D eigenvalue weighted by Crippen LogP contribution is -2.37. The van der Waals surface area contributed by atoms with Crippen molar-refractivity contribution in [3.8, 4) is 29.1 Å². The predicted molar refractivity (Wildman–Crippen MR) is 115 cm³/mol. The smallest absolute Gasteiger partial charge is 0.344 e. The minimum atomic E-state index is -1.33. The summed E-state index contributed by atoms with van der Waals surface area (Å²) in [6.07, 6.45) is 1.07. The van der Waals surface area contributed by atoms with Crippen molar-refractivity contribution in [2.24, 2.45) is 23.0 Å². The minimum Gasteiger partial charge on any atom is -0.493 e. The number of methoxy groups -OCH3 is 1. The second-order valence-electron chi connectivity index (χ2n) is 8.36. The highest BCUT2D eigenvalue weighted by Gasteiger charge is 2.66. The van der Waals surface area contributed by atoms with Crippen molar-refractivity contribution in [1.29, 1.82) is 5.26 Å². The summed E-state index contributed by atoms with van der Waals surface area (Å²) < 4.78 is 12.3. The summed E-state index contributed by atoms with van der Waals surface area (Å²) in [5.41, 5.74) is 6.56. The SMILES string of the molecule is COc1ccc(-c2ccc(C#N)cc2)n2nc(OC(=O)C3(C(N)=O)CC3CC(C)C)nc12. The topological polar surface area (TPSA) is 133 Å². The van der Waals surface area contributed by atoms with Crippen LogP contribution in [0.1, 0.15) is 32.3 Å². The van der Waals surface area contributed by atoms with Crippen LogP contribution in [0.5, 0.6) is 11.8 Å². The molecule has 1 saturated carbocycles. The van der Waals surface area contributed by atoms with Crippen LogP contribution in [0.2, 0.25) is 0 Å². The molecule has 9 heteroatoms. The summed E-state index contributed by atoms with van der Waals surface area (Å²) in [5.74, 6) is -0.806. The van der Waals surface area contributed by atoms with Gasteiger partial charge in [0.2, 0.25) is 11.6 Å². The molecule has 3 aromatic rings. The van der Waals surface area contributed by atoms with Crippen LogP contribution in [0.3, 0.4) is 0 Å². The Kier molecular flexibility index (Phi) is 5.30. The van der Waals surface area contributed by atoms with E-state index in [1.165, 1.54) is 11.6 Å². The summed E-state index contributed by atoms with van der Waals surface area (Å²) in [6, 6.07) is 12.4. The van der Waals surface area contributed by atoms with Crippen LogP contribution in [-0.4, -0.2) is 33.6 Å². The van der Waals surface area contributed by atoms with Crippen molar-refractivity contribution in [2.75, 3.05) is 7.11 Å². The van der Waals surface area contributed by atoms with Gasteiger partial charge in [-0.25, -0.2) is 4.52 Å². The third kappa shape index (κ3) is 3.54. The van der Waals surface area contributed by atoms with E-state index in [4.69, 9.17) is 20.5 Å². The van der Waals surface area contributed by atoms with E-state index in [0.29, 0.717) is 41.4 Å².